The van der Waals surface area contributed by atoms with E-state index in [1.54, 1.807) is 12.1 Å². The molecule has 2 N–H and O–H groups in total. The van der Waals surface area contributed by atoms with Gasteiger partial charge in [-0.15, -0.1) is 0 Å². The minimum absolute atomic E-state index is 0.0376. The second kappa shape index (κ2) is 5.92. The Kier molecular flexibility index (Phi) is 4.09. The van der Waals surface area contributed by atoms with Gasteiger partial charge in [0.05, 0.1) is 26.3 Å². The van der Waals surface area contributed by atoms with Crippen molar-refractivity contribution in [3.05, 3.63) is 46.4 Å². The van der Waals surface area contributed by atoms with Crippen molar-refractivity contribution >= 4 is 50.5 Å². The molecule has 0 saturated carbocycles. The second-order valence-corrected chi connectivity index (χ2v) is 7.20. The van der Waals surface area contributed by atoms with Crippen LogP contribution in [0.5, 0.6) is 5.75 Å². The lowest BCUT2D eigenvalue weighted by Crippen LogP contribution is -2.26. The smallest absolute Gasteiger partial charge is 0.262 e. The highest BCUT2D eigenvalue weighted by molar-refractivity contribution is 7.92. The van der Waals surface area contributed by atoms with E-state index in [0.29, 0.717) is 5.69 Å². The minimum Gasteiger partial charge on any atom is -0.479 e. The van der Waals surface area contributed by atoms with E-state index in [2.05, 4.69) is 10.0 Å². The SMILES string of the molecule is O=C1COc2c(cccc2NS(=O)(=O)c2ccc(Cl)c(Cl)c2)N1. The number of fused-ring (bicyclic) bond motifs is 1. The number of nitrogens with one attached hydrogen (secondary N) is 2. The van der Waals surface area contributed by atoms with E-state index in [-0.39, 0.29) is 38.9 Å². The molecule has 120 valence electrons. The topological polar surface area (TPSA) is 84.5 Å². The van der Waals surface area contributed by atoms with E-state index in [9.17, 15) is 13.2 Å². The quantitative estimate of drug-likeness (QED) is 0.866. The molecule has 9 heteroatoms. The number of hydrogen-bond acceptors (Lipinski definition) is 4. The Morgan fingerprint density at radius 1 is 1.13 bits per heavy atom. The highest BCUT2D eigenvalue weighted by Gasteiger charge is 2.23. The zero-order valence-electron chi connectivity index (χ0n) is 11.5. The summed E-state index contributed by atoms with van der Waals surface area (Å²) in [4.78, 5) is 11.3. The summed E-state index contributed by atoms with van der Waals surface area (Å²) in [5.41, 5.74) is 0.615. The largest absolute Gasteiger partial charge is 0.479 e. The molecule has 23 heavy (non-hydrogen) atoms. The Morgan fingerprint density at radius 2 is 1.91 bits per heavy atom. The number of sulfonamides is 1. The van der Waals surface area contributed by atoms with E-state index >= 15 is 0 Å². The van der Waals surface area contributed by atoms with Crippen molar-refractivity contribution < 1.29 is 17.9 Å². The van der Waals surface area contributed by atoms with Crippen LogP contribution in [0.3, 0.4) is 0 Å². The number of benzene rings is 2. The van der Waals surface area contributed by atoms with E-state index in [0.717, 1.165) is 0 Å². The normalized spacial score (nSPS) is 13.7. The van der Waals surface area contributed by atoms with Crippen LogP contribution in [0.15, 0.2) is 41.3 Å². The van der Waals surface area contributed by atoms with Crippen molar-refractivity contribution in [2.45, 2.75) is 4.90 Å². The predicted octanol–water partition coefficient (Wildman–Crippen LogP) is 3.13. The first-order valence-electron chi connectivity index (χ1n) is 6.40. The summed E-state index contributed by atoms with van der Waals surface area (Å²) < 4.78 is 32.6. The molecular formula is C14H10Cl2N2O4S. The number of anilines is 2. The zero-order chi connectivity index (χ0) is 16.6. The number of para-hydroxylation sites is 1. The van der Waals surface area contributed by atoms with Crippen molar-refractivity contribution in [1.29, 1.82) is 0 Å². The fraction of sp³-hybridized carbons (Fsp3) is 0.0714. The van der Waals surface area contributed by atoms with Gasteiger partial charge in [0.15, 0.2) is 12.4 Å². The molecule has 2 aromatic rings. The van der Waals surface area contributed by atoms with Gasteiger partial charge in [-0.3, -0.25) is 9.52 Å². The molecule has 0 fully saturated rings. The summed E-state index contributed by atoms with van der Waals surface area (Å²) in [6, 6.07) is 8.74. The van der Waals surface area contributed by atoms with Crippen LogP contribution < -0.4 is 14.8 Å². The fourth-order valence-electron chi connectivity index (χ4n) is 2.04. The van der Waals surface area contributed by atoms with Crippen LogP contribution in [-0.2, 0) is 14.8 Å². The van der Waals surface area contributed by atoms with Gasteiger partial charge in [0, 0.05) is 0 Å². The van der Waals surface area contributed by atoms with Gasteiger partial charge < -0.3 is 10.1 Å². The number of halogens is 2. The van der Waals surface area contributed by atoms with E-state index in [4.69, 9.17) is 27.9 Å². The van der Waals surface area contributed by atoms with Crippen molar-refractivity contribution in [2.75, 3.05) is 16.6 Å². The highest BCUT2D eigenvalue weighted by Crippen LogP contribution is 2.36. The molecule has 0 aromatic heterocycles. The third-order valence-corrected chi connectivity index (χ3v) is 5.18. The van der Waals surface area contributed by atoms with Crippen molar-refractivity contribution in [3.8, 4) is 5.75 Å². The molecule has 0 spiro atoms. The first kappa shape index (κ1) is 15.9. The molecule has 0 bridgehead atoms. The number of hydrogen-bond donors (Lipinski definition) is 2. The molecule has 1 amide bonds. The van der Waals surface area contributed by atoms with Gasteiger partial charge in [0.1, 0.15) is 0 Å². The minimum atomic E-state index is -3.89. The molecule has 1 aliphatic heterocycles. The molecule has 0 atom stereocenters. The van der Waals surface area contributed by atoms with Crippen LogP contribution in [0.4, 0.5) is 11.4 Å². The standard InChI is InChI=1S/C14H10Cl2N2O4S/c15-9-5-4-8(6-10(9)16)23(20,21)18-12-3-1-2-11-14(12)22-7-13(19)17-11/h1-6,18H,7H2,(H,17,19). The lowest BCUT2D eigenvalue weighted by molar-refractivity contribution is -0.118. The fourth-order valence-corrected chi connectivity index (χ4v) is 3.49. The molecule has 0 radical (unpaired) electrons. The van der Waals surface area contributed by atoms with Crippen LogP contribution in [-0.4, -0.2) is 20.9 Å². The molecule has 0 unspecified atom stereocenters. The number of ether oxygens (including phenoxy) is 1. The monoisotopic (exact) mass is 372 g/mol. The third kappa shape index (κ3) is 3.21. The van der Waals surface area contributed by atoms with Gasteiger partial charge in [-0.2, -0.15) is 0 Å². The molecule has 0 saturated heterocycles. The zero-order valence-corrected chi connectivity index (χ0v) is 13.8. The molecular weight excluding hydrogens is 363 g/mol. The molecule has 3 rings (SSSR count). The molecule has 1 aliphatic rings. The van der Waals surface area contributed by atoms with Crippen molar-refractivity contribution in [3.63, 3.8) is 0 Å². The van der Waals surface area contributed by atoms with Gasteiger partial charge in [-0.25, -0.2) is 8.42 Å². The van der Waals surface area contributed by atoms with Crippen LogP contribution in [0.2, 0.25) is 10.0 Å². The third-order valence-electron chi connectivity index (χ3n) is 3.08. The number of amides is 1. The van der Waals surface area contributed by atoms with E-state index in [1.165, 1.54) is 24.3 Å². The average Bonchev–Trinajstić information content (AvgIpc) is 2.49. The lowest BCUT2D eigenvalue weighted by Gasteiger charge is -2.21. The first-order chi connectivity index (χ1) is 10.9. The maximum Gasteiger partial charge on any atom is 0.262 e. The Hall–Kier alpha value is -1.96. The molecule has 2 aromatic carbocycles. The number of carbonyl (C=O) groups is 1. The van der Waals surface area contributed by atoms with Crippen molar-refractivity contribution in [2.24, 2.45) is 0 Å². The van der Waals surface area contributed by atoms with Gasteiger partial charge in [-0.05, 0) is 30.3 Å². The summed E-state index contributed by atoms with van der Waals surface area (Å²) in [6.07, 6.45) is 0. The van der Waals surface area contributed by atoms with Gasteiger partial charge >= 0.3 is 0 Å². The van der Waals surface area contributed by atoms with E-state index in [1.807, 2.05) is 0 Å². The Balaban J connectivity index is 1.97. The maximum absolute atomic E-state index is 12.5. The molecule has 6 nitrogen and oxygen atoms in total. The molecule has 0 aliphatic carbocycles. The summed E-state index contributed by atoms with van der Waals surface area (Å²) in [6.45, 7) is -0.182. The number of rotatable bonds is 3. The Labute approximate surface area is 142 Å². The van der Waals surface area contributed by atoms with Crippen molar-refractivity contribution in [1.82, 2.24) is 0 Å². The van der Waals surface area contributed by atoms with Crippen LogP contribution >= 0.6 is 23.2 Å². The first-order valence-corrected chi connectivity index (χ1v) is 8.64. The molecule has 1 heterocycles. The Bertz CT molecular complexity index is 900. The number of carbonyl (C=O) groups excluding carboxylic acids is 1. The summed E-state index contributed by atoms with van der Waals surface area (Å²) >= 11 is 11.7. The Morgan fingerprint density at radius 3 is 2.65 bits per heavy atom. The summed E-state index contributed by atoms with van der Waals surface area (Å²) in [7, 11) is -3.89. The van der Waals surface area contributed by atoms with Crippen LogP contribution in [0.25, 0.3) is 0 Å². The van der Waals surface area contributed by atoms with Gasteiger partial charge in [0.2, 0.25) is 0 Å². The van der Waals surface area contributed by atoms with Gasteiger partial charge in [0.25, 0.3) is 15.9 Å². The van der Waals surface area contributed by atoms with Crippen LogP contribution in [0, 0.1) is 0 Å². The van der Waals surface area contributed by atoms with Crippen LogP contribution in [0.1, 0.15) is 0 Å². The van der Waals surface area contributed by atoms with Gasteiger partial charge in [-0.1, -0.05) is 29.3 Å². The summed E-state index contributed by atoms with van der Waals surface area (Å²) in [5.74, 6) is -0.0438. The summed E-state index contributed by atoms with van der Waals surface area (Å²) in [5, 5.41) is 3.00. The second-order valence-electron chi connectivity index (χ2n) is 4.70. The predicted molar refractivity (Wildman–Crippen MR) is 87.8 cm³/mol. The lowest BCUT2D eigenvalue weighted by atomic mass is 10.2. The van der Waals surface area contributed by atoms with E-state index < -0.39 is 10.0 Å². The maximum atomic E-state index is 12.5. The highest BCUT2D eigenvalue weighted by atomic mass is 35.5. The average molecular weight is 373 g/mol.